The zero-order chi connectivity index (χ0) is 18.9. The van der Waals surface area contributed by atoms with Crippen molar-refractivity contribution in [3.63, 3.8) is 0 Å². The lowest BCUT2D eigenvalue weighted by atomic mass is 10.00. The molecule has 1 fully saturated rings. The van der Waals surface area contributed by atoms with Crippen LogP contribution in [0.2, 0.25) is 5.02 Å². The van der Waals surface area contributed by atoms with Crippen LogP contribution in [0.25, 0.3) is 11.6 Å². The van der Waals surface area contributed by atoms with Crippen LogP contribution in [-0.4, -0.2) is 46.0 Å². The second-order valence-corrected chi connectivity index (χ2v) is 8.57. The lowest BCUT2D eigenvalue weighted by Gasteiger charge is -2.30. The van der Waals surface area contributed by atoms with Crippen molar-refractivity contribution in [1.29, 1.82) is 0 Å². The van der Waals surface area contributed by atoms with E-state index in [-0.39, 0.29) is 23.2 Å². The molecular formula is C17H16ClN5O3S. The molecule has 3 aromatic rings. The predicted molar refractivity (Wildman–Crippen MR) is 97.5 cm³/mol. The minimum Gasteiger partial charge on any atom is -0.419 e. The van der Waals surface area contributed by atoms with Crippen molar-refractivity contribution in [2.45, 2.75) is 23.7 Å². The highest BCUT2D eigenvalue weighted by Crippen LogP contribution is 2.31. The van der Waals surface area contributed by atoms with Gasteiger partial charge >= 0.3 is 0 Å². The summed E-state index contributed by atoms with van der Waals surface area (Å²) < 4.78 is 33.0. The predicted octanol–water partition coefficient (Wildman–Crippen LogP) is 2.75. The van der Waals surface area contributed by atoms with Gasteiger partial charge in [-0.25, -0.2) is 13.4 Å². The maximum absolute atomic E-state index is 12.9. The molecule has 1 aromatic carbocycles. The molecule has 0 N–H and O–H groups in total. The molecule has 4 rings (SSSR count). The smallest absolute Gasteiger partial charge is 0.267 e. The first-order chi connectivity index (χ1) is 13.0. The zero-order valence-electron chi connectivity index (χ0n) is 14.2. The highest BCUT2D eigenvalue weighted by Gasteiger charge is 2.33. The molecule has 3 heterocycles. The van der Waals surface area contributed by atoms with E-state index in [4.69, 9.17) is 16.0 Å². The van der Waals surface area contributed by atoms with E-state index in [0.717, 1.165) is 6.42 Å². The summed E-state index contributed by atoms with van der Waals surface area (Å²) in [5.41, 5.74) is 0.482. The number of rotatable bonds is 4. The van der Waals surface area contributed by atoms with Crippen molar-refractivity contribution < 1.29 is 12.8 Å². The van der Waals surface area contributed by atoms with E-state index in [2.05, 4.69) is 20.2 Å². The van der Waals surface area contributed by atoms with E-state index in [9.17, 15) is 8.42 Å². The molecule has 1 aliphatic rings. The molecule has 0 spiro atoms. The molecule has 0 unspecified atom stereocenters. The van der Waals surface area contributed by atoms with E-state index in [1.807, 2.05) is 0 Å². The maximum Gasteiger partial charge on any atom is 0.267 e. The van der Waals surface area contributed by atoms with Crippen LogP contribution in [-0.2, 0) is 10.0 Å². The molecule has 1 aliphatic heterocycles. The number of nitrogens with zero attached hydrogens (tertiary/aromatic N) is 5. The van der Waals surface area contributed by atoms with Gasteiger partial charge in [0.05, 0.1) is 17.0 Å². The fraction of sp³-hybridized carbons (Fsp3) is 0.294. The van der Waals surface area contributed by atoms with Gasteiger partial charge in [-0.2, -0.15) is 4.31 Å². The topological polar surface area (TPSA) is 102 Å². The second kappa shape index (κ2) is 7.34. The van der Waals surface area contributed by atoms with E-state index >= 15 is 0 Å². The molecule has 0 radical (unpaired) electrons. The summed E-state index contributed by atoms with van der Waals surface area (Å²) in [6.45, 7) is 0.716. The van der Waals surface area contributed by atoms with E-state index < -0.39 is 10.0 Å². The Bertz CT molecular complexity index is 1040. The van der Waals surface area contributed by atoms with E-state index in [0.29, 0.717) is 29.6 Å². The summed E-state index contributed by atoms with van der Waals surface area (Å²) in [6, 6.07) is 6.27. The van der Waals surface area contributed by atoms with Crippen LogP contribution in [0.4, 0.5) is 0 Å². The van der Waals surface area contributed by atoms with Crippen molar-refractivity contribution in [3.8, 4) is 11.6 Å². The number of hydrogen-bond acceptors (Lipinski definition) is 7. The average Bonchev–Trinajstić information content (AvgIpc) is 3.19. The lowest BCUT2D eigenvalue weighted by molar-refractivity contribution is 0.286. The van der Waals surface area contributed by atoms with Crippen molar-refractivity contribution >= 4 is 21.6 Å². The number of aromatic nitrogens is 4. The summed E-state index contributed by atoms with van der Waals surface area (Å²) in [7, 11) is -3.63. The standard InChI is InChI=1S/C17H16ClN5O3S/c18-13-4-1-5-14(9-13)27(24,25)23-8-2-3-12(11-23)16-21-22-17(26-16)15-10-19-6-7-20-15/h1,4-7,9-10,12H,2-3,8,11H2/t12-/m0/s1. The fourth-order valence-corrected chi connectivity index (χ4v) is 4.88. The van der Waals surface area contributed by atoms with Crippen molar-refractivity contribution in [1.82, 2.24) is 24.5 Å². The molecule has 1 atom stereocenters. The van der Waals surface area contributed by atoms with E-state index in [1.54, 1.807) is 30.6 Å². The largest absolute Gasteiger partial charge is 0.419 e. The molecule has 8 nitrogen and oxygen atoms in total. The van der Waals surface area contributed by atoms with Crippen LogP contribution >= 0.6 is 11.6 Å². The fourth-order valence-electron chi connectivity index (χ4n) is 3.05. The first-order valence-electron chi connectivity index (χ1n) is 8.39. The number of benzene rings is 1. The summed E-state index contributed by atoms with van der Waals surface area (Å²) in [4.78, 5) is 8.29. The normalized spacial score (nSPS) is 18.5. The van der Waals surface area contributed by atoms with Crippen molar-refractivity contribution in [2.75, 3.05) is 13.1 Å². The SMILES string of the molecule is O=S(=O)(c1cccc(Cl)c1)N1CCC[C@H](c2nnc(-c3cnccn3)o2)C1. The number of hydrogen-bond donors (Lipinski definition) is 0. The Labute approximate surface area is 161 Å². The molecule has 140 valence electrons. The third kappa shape index (κ3) is 3.71. The van der Waals surface area contributed by atoms with Crippen LogP contribution < -0.4 is 0 Å². The van der Waals surface area contributed by atoms with Gasteiger partial charge in [0.25, 0.3) is 5.89 Å². The van der Waals surface area contributed by atoms with Gasteiger partial charge in [0.1, 0.15) is 5.69 Å². The number of piperidine rings is 1. The van der Waals surface area contributed by atoms with Gasteiger partial charge in [0.15, 0.2) is 0 Å². The highest BCUT2D eigenvalue weighted by atomic mass is 35.5. The van der Waals surface area contributed by atoms with Gasteiger partial charge in [0.2, 0.25) is 15.9 Å². The average molecular weight is 406 g/mol. The summed E-state index contributed by atoms with van der Waals surface area (Å²) >= 11 is 5.95. The van der Waals surface area contributed by atoms with Gasteiger partial charge in [-0.05, 0) is 31.0 Å². The molecule has 0 bridgehead atoms. The number of halogens is 1. The first-order valence-corrected chi connectivity index (χ1v) is 10.2. The Morgan fingerprint density at radius 2 is 2.11 bits per heavy atom. The van der Waals surface area contributed by atoms with Crippen molar-refractivity contribution in [2.24, 2.45) is 0 Å². The minimum absolute atomic E-state index is 0.175. The van der Waals surface area contributed by atoms with Crippen LogP contribution in [0.3, 0.4) is 0 Å². The molecule has 0 saturated carbocycles. The van der Waals surface area contributed by atoms with Gasteiger partial charge in [-0.15, -0.1) is 10.2 Å². The molecule has 1 saturated heterocycles. The number of sulfonamides is 1. The van der Waals surface area contributed by atoms with Gasteiger partial charge in [-0.3, -0.25) is 4.98 Å². The molecular weight excluding hydrogens is 390 g/mol. The molecule has 27 heavy (non-hydrogen) atoms. The van der Waals surface area contributed by atoms with Crippen LogP contribution in [0, 0.1) is 0 Å². The molecule has 0 amide bonds. The Hall–Kier alpha value is -2.36. The van der Waals surface area contributed by atoms with Crippen LogP contribution in [0.5, 0.6) is 0 Å². The first kappa shape index (κ1) is 18.0. The molecule has 0 aliphatic carbocycles. The monoisotopic (exact) mass is 405 g/mol. The minimum atomic E-state index is -3.63. The third-order valence-corrected chi connectivity index (χ3v) is 6.49. The second-order valence-electron chi connectivity index (χ2n) is 6.20. The summed E-state index contributed by atoms with van der Waals surface area (Å²) in [6.07, 6.45) is 6.10. The quantitative estimate of drug-likeness (QED) is 0.657. The third-order valence-electron chi connectivity index (χ3n) is 4.39. The maximum atomic E-state index is 12.9. The Balaban J connectivity index is 1.56. The Morgan fingerprint density at radius 3 is 2.89 bits per heavy atom. The van der Waals surface area contributed by atoms with Gasteiger partial charge in [-0.1, -0.05) is 17.7 Å². The lowest BCUT2D eigenvalue weighted by Crippen LogP contribution is -2.39. The van der Waals surface area contributed by atoms with Gasteiger partial charge < -0.3 is 4.42 Å². The van der Waals surface area contributed by atoms with Crippen LogP contribution in [0.15, 0.2) is 52.2 Å². The van der Waals surface area contributed by atoms with Crippen molar-refractivity contribution in [3.05, 3.63) is 53.8 Å². The Morgan fingerprint density at radius 1 is 1.22 bits per heavy atom. The highest BCUT2D eigenvalue weighted by molar-refractivity contribution is 7.89. The Kier molecular flexibility index (Phi) is 4.90. The van der Waals surface area contributed by atoms with Gasteiger partial charge in [0, 0.05) is 30.5 Å². The zero-order valence-corrected chi connectivity index (χ0v) is 15.8. The van der Waals surface area contributed by atoms with Crippen LogP contribution in [0.1, 0.15) is 24.7 Å². The summed E-state index contributed by atoms with van der Waals surface area (Å²) in [5.74, 6) is 0.500. The summed E-state index contributed by atoms with van der Waals surface area (Å²) in [5, 5.41) is 8.49. The van der Waals surface area contributed by atoms with E-state index in [1.165, 1.54) is 16.6 Å². The molecule has 2 aromatic heterocycles. The molecule has 10 heteroatoms.